The molecular formula is C12H15FN2O2S2. The molecule has 1 atom stereocenters. The third-order valence-corrected chi connectivity index (χ3v) is 4.96. The summed E-state index contributed by atoms with van der Waals surface area (Å²) < 4.78 is 40.2. The van der Waals surface area contributed by atoms with Gasteiger partial charge in [-0.15, -0.1) is 0 Å². The molecule has 0 saturated heterocycles. The second kappa shape index (κ2) is 5.15. The second-order valence-corrected chi connectivity index (χ2v) is 6.90. The molecule has 1 fully saturated rings. The zero-order valence-electron chi connectivity index (χ0n) is 10.4. The maximum atomic E-state index is 13.2. The number of hydrogen-bond donors (Lipinski definition) is 2. The van der Waals surface area contributed by atoms with Crippen molar-refractivity contribution >= 4 is 27.2 Å². The number of halogens is 1. The molecule has 0 aliphatic heterocycles. The van der Waals surface area contributed by atoms with Gasteiger partial charge in [0.2, 0.25) is 10.0 Å². The largest absolute Gasteiger partial charge is 0.392 e. The monoisotopic (exact) mass is 302 g/mol. The number of aryl methyl sites for hydroxylation is 1. The predicted octanol–water partition coefficient (Wildman–Crippen LogP) is 1.48. The van der Waals surface area contributed by atoms with E-state index >= 15 is 0 Å². The molecule has 1 aromatic carbocycles. The normalized spacial score (nSPS) is 17.2. The maximum Gasteiger partial charge on any atom is 0.241 e. The van der Waals surface area contributed by atoms with E-state index in [9.17, 15) is 12.8 Å². The van der Waals surface area contributed by atoms with Crippen LogP contribution in [0.5, 0.6) is 0 Å². The zero-order chi connectivity index (χ0) is 14.2. The van der Waals surface area contributed by atoms with Crippen LogP contribution in [-0.2, 0) is 10.0 Å². The van der Waals surface area contributed by atoms with Gasteiger partial charge in [0, 0.05) is 0 Å². The number of rotatable bonds is 5. The minimum atomic E-state index is -3.82. The fourth-order valence-electron chi connectivity index (χ4n) is 1.91. The smallest absolute Gasteiger partial charge is 0.241 e. The van der Waals surface area contributed by atoms with E-state index in [1.807, 2.05) is 0 Å². The van der Waals surface area contributed by atoms with Crippen LogP contribution in [0.4, 0.5) is 4.39 Å². The molecule has 0 heterocycles. The lowest BCUT2D eigenvalue weighted by Gasteiger charge is -2.17. The SMILES string of the molecule is Cc1ccc(F)cc1S(=O)(=O)NC(C(N)=S)C1CC1. The predicted molar refractivity (Wildman–Crippen MR) is 74.8 cm³/mol. The van der Waals surface area contributed by atoms with Crippen LogP contribution >= 0.6 is 12.2 Å². The van der Waals surface area contributed by atoms with E-state index in [0.717, 1.165) is 18.9 Å². The Bertz CT molecular complexity index is 612. The third-order valence-electron chi connectivity index (χ3n) is 3.12. The van der Waals surface area contributed by atoms with Crippen LogP contribution in [-0.4, -0.2) is 19.4 Å². The van der Waals surface area contributed by atoms with E-state index in [1.54, 1.807) is 6.92 Å². The first-order chi connectivity index (χ1) is 8.81. The van der Waals surface area contributed by atoms with Crippen LogP contribution in [0.3, 0.4) is 0 Å². The molecule has 1 aliphatic carbocycles. The van der Waals surface area contributed by atoms with Crippen molar-refractivity contribution in [1.82, 2.24) is 4.72 Å². The lowest BCUT2D eigenvalue weighted by atomic mass is 10.2. The fraction of sp³-hybridized carbons (Fsp3) is 0.417. The highest BCUT2D eigenvalue weighted by atomic mass is 32.2. The molecule has 3 N–H and O–H groups in total. The van der Waals surface area contributed by atoms with Gasteiger partial charge in [0.15, 0.2) is 0 Å². The molecule has 0 spiro atoms. The molecule has 104 valence electrons. The van der Waals surface area contributed by atoms with Crippen LogP contribution in [0.15, 0.2) is 23.1 Å². The highest BCUT2D eigenvalue weighted by Crippen LogP contribution is 2.33. The molecule has 4 nitrogen and oxygen atoms in total. The van der Waals surface area contributed by atoms with Crippen LogP contribution < -0.4 is 10.5 Å². The van der Waals surface area contributed by atoms with Crippen LogP contribution in [0.25, 0.3) is 0 Å². The topological polar surface area (TPSA) is 72.2 Å². The van der Waals surface area contributed by atoms with Crippen molar-refractivity contribution in [3.05, 3.63) is 29.6 Å². The molecule has 1 saturated carbocycles. The van der Waals surface area contributed by atoms with Gasteiger partial charge in [-0.1, -0.05) is 18.3 Å². The average Bonchev–Trinajstić information content (AvgIpc) is 3.13. The lowest BCUT2D eigenvalue weighted by molar-refractivity contribution is 0.561. The van der Waals surface area contributed by atoms with Gasteiger partial charge in [-0.25, -0.2) is 17.5 Å². The van der Waals surface area contributed by atoms with Crippen LogP contribution in [0.2, 0.25) is 0 Å². The van der Waals surface area contributed by atoms with Crippen molar-refractivity contribution in [2.24, 2.45) is 11.7 Å². The average molecular weight is 302 g/mol. The molecule has 7 heteroatoms. The van der Waals surface area contributed by atoms with E-state index in [1.165, 1.54) is 12.1 Å². The van der Waals surface area contributed by atoms with Gasteiger partial charge in [-0.2, -0.15) is 0 Å². The van der Waals surface area contributed by atoms with Crippen molar-refractivity contribution < 1.29 is 12.8 Å². The molecule has 1 aromatic rings. The minimum absolute atomic E-state index is 0.0746. The van der Waals surface area contributed by atoms with Gasteiger partial charge < -0.3 is 5.73 Å². The van der Waals surface area contributed by atoms with E-state index < -0.39 is 21.9 Å². The van der Waals surface area contributed by atoms with E-state index in [2.05, 4.69) is 4.72 Å². The Kier molecular flexibility index (Phi) is 3.89. The number of nitrogens with two attached hydrogens (primary N) is 1. The van der Waals surface area contributed by atoms with Crippen molar-refractivity contribution in [2.45, 2.75) is 30.7 Å². The Balaban J connectivity index is 2.31. The molecule has 0 aromatic heterocycles. The summed E-state index contributed by atoms with van der Waals surface area (Å²) in [5, 5.41) is 0. The van der Waals surface area contributed by atoms with E-state index in [4.69, 9.17) is 18.0 Å². The van der Waals surface area contributed by atoms with Gasteiger partial charge in [0.25, 0.3) is 0 Å². The molecule has 0 bridgehead atoms. The highest BCUT2D eigenvalue weighted by Gasteiger charge is 2.36. The van der Waals surface area contributed by atoms with E-state index in [0.29, 0.717) is 5.56 Å². The second-order valence-electron chi connectivity index (χ2n) is 4.75. The molecule has 19 heavy (non-hydrogen) atoms. The van der Waals surface area contributed by atoms with Crippen LogP contribution in [0, 0.1) is 18.7 Å². The molecule has 0 radical (unpaired) electrons. The molecule has 1 unspecified atom stereocenters. The number of hydrogen-bond acceptors (Lipinski definition) is 3. The summed E-state index contributed by atoms with van der Waals surface area (Å²) >= 11 is 4.89. The first-order valence-electron chi connectivity index (χ1n) is 5.89. The van der Waals surface area contributed by atoms with Crippen molar-refractivity contribution in [3.63, 3.8) is 0 Å². The summed E-state index contributed by atoms with van der Waals surface area (Å²) in [5.74, 6) is -0.439. The Labute approximate surface area is 117 Å². The summed E-state index contributed by atoms with van der Waals surface area (Å²) in [4.78, 5) is 0.0505. The van der Waals surface area contributed by atoms with Gasteiger partial charge in [-0.3, -0.25) is 0 Å². The maximum absolute atomic E-state index is 13.2. The van der Waals surface area contributed by atoms with Gasteiger partial charge in [0.05, 0.1) is 15.9 Å². The number of nitrogens with one attached hydrogen (secondary N) is 1. The van der Waals surface area contributed by atoms with Gasteiger partial charge in [0.1, 0.15) is 5.82 Å². The molecule has 1 aliphatic rings. The summed E-state index contributed by atoms with van der Waals surface area (Å²) in [5.41, 5.74) is 6.04. The molecular weight excluding hydrogens is 287 g/mol. The third kappa shape index (κ3) is 3.29. The summed E-state index contributed by atoms with van der Waals surface area (Å²) in [6.45, 7) is 1.61. The van der Waals surface area contributed by atoms with Crippen LogP contribution in [0.1, 0.15) is 18.4 Å². The van der Waals surface area contributed by atoms with Crippen molar-refractivity contribution in [2.75, 3.05) is 0 Å². The van der Waals surface area contributed by atoms with Gasteiger partial charge >= 0.3 is 0 Å². The summed E-state index contributed by atoms with van der Waals surface area (Å²) in [7, 11) is -3.82. The first-order valence-corrected chi connectivity index (χ1v) is 7.78. The number of sulfonamides is 1. The standard InChI is InChI=1S/C12H15FN2O2S2/c1-7-2-5-9(13)6-10(7)19(16,17)15-11(12(14)18)8-3-4-8/h2,5-6,8,11,15H,3-4H2,1H3,(H2,14,18). The summed E-state index contributed by atoms with van der Waals surface area (Å²) in [6.07, 6.45) is 1.79. The Hall–Kier alpha value is -1.05. The lowest BCUT2D eigenvalue weighted by Crippen LogP contribution is -2.45. The Morgan fingerprint density at radius 3 is 2.68 bits per heavy atom. The van der Waals surface area contributed by atoms with Gasteiger partial charge in [-0.05, 0) is 43.4 Å². The quantitative estimate of drug-likeness (QED) is 0.808. The zero-order valence-corrected chi connectivity index (χ0v) is 12.0. The van der Waals surface area contributed by atoms with E-state index in [-0.39, 0.29) is 15.8 Å². The highest BCUT2D eigenvalue weighted by molar-refractivity contribution is 7.89. The first kappa shape index (κ1) is 14.4. The fourth-order valence-corrected chi connectivity index (χ4v) is 3.78. The van der Waals surface area contributed by atoms with Crippen molar-refractivity contribution in [1.29, 1.82) is 0 Å². The Morgan fingerprint density at radius 2 is 2.16 bits per heavy atom. The Morgan fingerprint density at radius 1 is 1.53 bits per heavy atom. The number of thiocarbonyl (C=S) groups is 1. The molecule has 2 rings (SSSR count). The van der Waals surface area contributed by atoms with Crippen molar-refractivity contribution in [3.8, 4) is 0 Å². The minimum Gasteiger partial charge on any atom is -0.392 e. The number of benzene rings is 1. The summed E-state index contributed by atoms with van der Waals surface area (Å²) in [6, 6.07) is 3.10. The molecule has 0 amide bonds.